The van der Waals surface area contributed by atoms with E-state index in [1.807, 2.05) is 30.3 Å². The highest BCUT2D eigenvalue weighted by molar-refractivity contribution is 5.83. The van der Waals surface area contributed by atoms with E-state index in [1.54, 1.807) is 14.0 Å². The van der Waals surface area contributed by atoms with E-state index in [0.717, 1.165) is 5.56 Å². The van der Waals surface area contributed by atoms with E-state index in [0.29, 0.717) is 13.0 Å². The Morgan fingerprint density at radius 2 is 2.06 bits per heavy atom. The Hall–Kier alpha value is -1.23. The van der Waals surface area contributed by atoms with Crippen LogP contribution in [-0.2, 0) is 25.6 Å². The molecule has 2 rings (SSSR count). The average Bonchev–Trinajstić information content (AvgIpc) is 2.41. The summed E-state index contributed by atoms with van der Waals surface area (Å²) in [5.74, 6) is 0.0568. The Balaban J connectivity index is 1.93. The summed E-state index contributed by atoms with van der Waals surface area (Å²) in [6.07, 6.45) is -0.876. The highest BCUT2D eigenvalue weighted by atomic mass is 16.7. The molecule has 1 aliphatic heterocycles. The first-order valence-corrected chi connectivity index (χ1v) is 6.07. The van der Waals surface area contributed by atoms with Gasteiger partial charge < -0.3 is 14.2 Å². The molecule has 1 heterocycles. The number of ether oxygens (including phenoxy) is 3. The van der Waals surface area contributed by atoms with Crippen molar-refractivity contribution in [3.8, 4) is 0 Å². The summed E-state index contributed by atoms with van der Waals surface area (Å²) in [5, 5.41) is 0. The van der Waals surface area contributed by atoms with Crippen molar-refractivity contribution in [1.29, 1.82) is 0 Å². The fourth-order valence-electron chi connectivity index (χ4n) is 1.95. The Morgan fingerprint density at radius 3 is 2.72 bits per heavy atom. The molecule has 0 amide bonds. The molecule has 1 fully saturated rings. The van der Waals surface area contributed by atoms with Crippen LogP contribution >= 0.6 is 0 Å². The van der Waals surface area contributed by atoms with Crippen molar-refractivity contribution in [2.24, 2.45) is 0 Å². The summed E-state index contributed by atoms with van der Waals surface area (Å²) in [4.78, 5) is 11.6. The third-order valence-corrected chi connectivity index (χ3v) is 3.04. The van der Waals surface area contributed by atoms with Crippen LogP contribution in [0, 0.1) is 0 Å². The normalized spacial score (nSPS) is 28.3. The van der Waals surface area contributed by atoms with Crippen molar-refractivity contribution in [1.82, 2.24) is 0 Å². The van der Waals surface area contributed by atoms with Crippen molar-refractivity contribution in [2.75, 3.05) is 7.11 Å². The number of carbonyl (C=O) groups is 1. The van der Waals surface area contributed by atoms with Crippen molar-refractivity contribution in [3.63, 3.8) is 0 Å². The molecular formula is C14H18O4. The standard InChI is InChI=1S/C14H18O4/c1-10-12(15)8-13(14(16-2)18-10)17-9-11-6-4-3-5-7-11/h3-7,10,13-14H,8-9H2,1-2H3/t10-,13-,14+/m1/s1. The quantitative estimate of drug-likeness (QED) is 0.819. The van der Waals surface area contributed by atoms with Gasteiger partial charge in [0.05, 0.1) is 6.61 Å². The van der Waals surface area contributed by atoms with E-state index in [1.165, 1.54) is 0 Å². The minimum absolute atomic E-state index is 0.0568. The van der Waals surface area contributed by atoms with Crippen molar-refractivity contribution < 1.29 is 19.0 Å². The van der Waals surface area contributed by atoms with Crippen LogP contribution in [0.5, 0.6) is 0 Å². The molecule has 0 radical (unpaired) electrons. The predicted molar refractivity (Wildman–Crippen MR) is 66.0 cm³/mol. The highest BCUT2D eigenvalue weighted by Gasteiger charge is 2.35. The molecule has 1 saturated heterocycles. The minimum atomic E-state index is -0.471. The number of benzene rings is 1. The smallest absolute Gasteiger partial charge is 0.184 e. The molecule has 0 aliphatic carbocycles. The number of hydrogen-bond acceptors (Lipinski definition) is 4. The first-order chi connectivity index (χ1) is 8.70. The van der Waals surface area contributed by atoms with E-state index in [4.69, 9.17) is 14.2 Å². The summed E-state index contributed by atoms with van der Waals surface area (Å²) in [5.41, 5.74) is 1.07. The molecule has 0 spiro atoms. The maximum atomic E-state index is 11.6. The Bertz CT molecular complexity index is 390. The van der Waals surface area contributed by atoms with Gasteiger partial charge in [0.15, 0.2) is 12.1 Å². The molecule has 0 aromatic heterocycles. The van der Waals surface area contributed by atoms with Crippen LogP contribution < -0.4 is 0 Å². The second-order valence-corrected chi connectivity index (χ2v) is 4.39. The lowest BCUT2D eigenvalue weighted by Crippen LogP contribution is -2.45. The van der Waals surface area contributed by atoms with Crippen LogP contribution in [0.3, 0.4) is 0 Å². The van der Waals surface area contributed by atoms with Crippen molar-refractivity contribution in [2.45, 2.75) is 38.4 Å². The van der Waals surface area contributed by atoms with Crippen molar-refractivity contribution in [3.05, 3.63) is 35.9 Å². The fraction of sp³-hybridized carbons (Fsp3) is 0.500. The molecule has 1 aliphatic rings. The van der Waals surface area contributed by atoms with Gasteiger partial charge in [-0.05, 0) is 12.5 Å². The second kappa shape index (κ2) is 6.09. The zero-order valence-corrected chi connectivity index (χ0v) is 10.7. The van der Waals surface area contributed by atoms with Gasteiger partial charge in [-0.2, -0.15) is 0 Å². The van der Waals surface area contributed by atoms with E-state index in [-0.39, 0.29) is 11.9 Å². The lowest BCUT2D eigenvalue weighted by Gasteiger charge is -2.33. The Morgan fingerprint density at radius 1 is 1.33 bits per heavy atom. The molecule has 0 bridgehead atoms. The number of methoxy groups -OCH3 is 1. The molecule has 0 saturated carbocycles. The zero-order chi connectivity index (χ0) is 13.0. The summed E-state index contributed by atoms with van der Waals surface area (Å²) in [6.45, 7) is 2.19. The van der Waals surface area contributed by atoms with Gasteiger partial charge in [0.1, 0.15) is 12.2 Å². The van der Waals surface area contributed by atoms with Gasteiger partial charge in [0, 0.05) is 13.5 Å². The minimum Gasteiger partial charge on any atom is -0.368 e. The predicted octanol–water partition coefficient (Wildman–Crippen LogP) is 1.92. The summed E-state index contributed by atoms with van der Waals surface area (Å²) in [6, 6.07) is 9.83. The maximum absolute atomic E-state index is 11.6. The molecule has 0 N–H and O–H groups in total. The van der Waals surface area contributed by atoms with Crippen LogP contribution in [0.15, 0.2) is 30.3 Å². The van der Waals surface area contributed by atoms with Gasteiger partial charge in [-0.15, -0.1) is 0 Å². The molecule has 1 aromatic carbocycles. The number of carbonyl (C=O) groups excluding carboxylic acids is 1. The van der Waals surface area contributed by atoms with Gasteiger partial charge in [-0.1, -0.05) is 30.3 Å². The van der Waals surface area contributed by atoms with E-state index in [9.17, 15) is 4.79 Å². The molecule has 0 unspecified atom stereocenters. The number of Topliss-reactive ketones (excluding diaryl/α,β-unsaturated/α-hetero) is 1. The zero-order valence-electron chi connectivity index (χ0n) is 10.7. The van der Waals surface area contributed by atoms with Gasteiger partial charge in [0.2, 0.25) is 0 Å². The summed E-state index contributed by atoms with van der Waals surface area (Å²) in [7, 11) is 1.56. The molecule has 1 aromatic rings. The Kier molecular flexibility index (Phi) is 4.47. The third-order valence-electron chi connectivity index (χ3n) is 3.04. The maximum Gasteiger partial charge on any atom is 0.184 e. The number of ketones is 1. The van der Waals surface area contributed by atoms with Gasteiger partial charge in [0.25, 0.3) is 0 Å². The lowest BCUT2D eigenvalue weighted by molar-refractivity contribution is -0.232. The lowest BCUT2D eigenvalue weighted by atomic mass is 10.1. The SMILES string of the molecule is CO[C@H]1O[C@H](C)C(=O)C[C@H]1OCc1ccccc1. The number of rotatable bonds is 4. The third kappa shape index (κ3) is 3.16. The highest BCUT2D eigenvalue weighted by Crippen LogP contribution is 2.21. The average molecular weight is 250 g/mol. The van der Waals surface area contributed by atoms with E-state index in [2.05, 4.69) is 0 Å². The van der Waals surface area contributed by atoms with Gasteiger partial charge >= 0.3 is 0 Å². The molecule has 18 heavy (non-hydrogen) atoms. The number of hydrogen-bond donors (Lipinski definition) is 0. The largest absolute Gasteiger partial charge is 0.368 e. The summed E-state index contributed by atoms with van der Waals surface area (Å²) < 4.78 is 16.4. The fourth-order valence-corrected chi connectivity index (χ4v) is 1.95. The first kappa shape index (κ1) is 13.2. The van der Waals surface area contributed by atoms with Gasteiger partial charge in [-0.25, -0.2) is 0 Å². The van der Waals surface area contributed by atoms with Crippen LogP contribution in [0.4, 0.5) is 0 Å². The van der Waals surface area contributed by atoms with Gasteiger partial charge in [-0.3, -0.25) is 4.79 Å². The Labute approximate surface area is 107 Å². The summed E-state index contributed by atoms with van der Waals surface area (Å²) >= 11 is 0. The molecule has 3 atom stereocenters. The topological polar surface area (TPSA) is 44.8 Å². The molecule has 4 nitrogen and oxygen atoms in total. The second-order valence-electron chi connectivity index (χ2n) is 4.39. The molecular weight excluding hydrogens is 232 g/mol. The van der Waals surface area contributed by atoms with Crippen LogP contribution in [0.2, 0.25) is 0 Å². The van der Waals surface area contributed by atoms with Crippen LogP contribution in [-0.4, -0.2) is 31.4 Å². The monoisotopic (exact) mass is 250 g/mol. The first-order valence-electron chi connectivity index (χ1n) is 6.07. The van der Waals surface area contributed by atoms with E-state index >= 15 is 0 Å². The van der Waals surface area contributed by atoms with Crippen molar-refractivity contribution >= 4 is 5.78 Å². The van der Waals surface area contributed by atoms with E-state index < -0.39 is 12.4 Å². The molecule has 98 valence electrons. The van der Waals surface area contributed by atoms with Crippen LogP contribution in [0.1, 0.15) is 18.9 Å². The van der Waals surface area contributed by atoms with Crippen LogP contribution in [0.25, 0.3) is 0 Å². The molecule has 4 heteroatoms.